The quantitative estimate of drug-likeness (QED) is 0.128. The van der Waals surface area contributed by atoms with Crippen LogP contribution in [-0.4, -0.2) is 117 Å². The number of rotatable bonds is 17. The number of carbonyl (C=O) groups excluding carboxylic acids is 6. The smallest absolute Gasteiger partial charge is 0.305 e. The van der Waals surface area contributed by atoms with Gasteiger partial charge in [-0.2, -0.15) is 0 Å². The van der Waals surface area contributed by atoms with Gasteiger partial charge in [0.15, 0.2) is 0 Å². The summed E-state index contributed by atoms with van der Waals surface area (Å²) in [6.07, 6.45) is 6.27. The summed E-state index contributed by atoms with van der Waals surface area (Å²) in [5.74, 6) is -4.24. The Hall–Kier alpha value is -3.75. The molecule has 2 aliphatic heterocycles. The zero-order valence-corrected chi connectivity index (χ0v) is 32.5. The van der Waals surface area contributed by atoms with Gasteiger partial charge in [0.2, 0.25) is 35.4 Å². The fourth-order valence-corrected chi connectivity index (χ4v) is 7.90. The summed E-state index contributed by atoms with van der Waals surface area (Å²) in [6, 6.07) is -5.75. The van der Waals surface area contributed by atoms with Gasteiger partial charge in [-0.3, -0.25) is 33.6 Å². The lowest BCUT2D eigenvalue weighted by molar-refractivity contribution is -0.150. The Morgan fingerprint density at radius 1 is 0.736 bits per heavy atom. The van der Waals surface area contributed by atoms with Gasteiger partial charge in [-0.05, 0) is 62.7 Å². The van der Waals surface area contributed by atoms with Crippen LogP contribution in [0.2, 0.25) is 0 Å². The molecular weight excluding hydrogens is 684 g/mol. The van der Waals surface area contributed by atoms with Gasteiger partial charge < -0.3 is 41.3 Å². The summed E-state index contributed by atoms with van der Waals surface area (Å²) in [5, 5.41) is 30.7. The summed E-state index contributed by atoms with van der Waals surface area (Å²) >= 11 is 0. The van der Waals surface area contributed by atoms with Crippen LogP contribution in [0.4, 0.5) is 0 Å². The molecule has 15 nitrogen and oxygen atoms in total. The average molecular weight is 749 g/mol. The maximum atomic E-state index is 14.1. The largest absolute Gasteiger partial charge is 0.481 e. The second-order valence-electron chi connectivity index (χ2n) is 15.9. The highest BCUT2D eigenvalue weighted by Crippen LogP contribution is 2.32. The molecule has 3 aliphatic rings. The number of carboxylic acids is 1. The van der Waals surface area contributed by atoms with Gasteiger partial charge >= 0.3 is 5.97 Å². The third-order valence-electron chi connectivity index (χ3n) is 11.1. The minimum Gasteiger partial charge on any atom is -0.481 e. The van der Waals surface area contributed by atoms with Crippen LogP contribution in [-0.2, 0) is 33.6 Å². The van der Waals surface area contributed by atoms with Crippen LogP contribution in [0.1, 0.15) is 119 Å². The highest BCUT2D eigenvalue weighted by molar-refractivity contribution is 5.98. The molecule has 8 atom stereocenters. The maximum Gasteiger partial charge on any atom is 0.305 e. The van der Waals surface area contributed by atoms with Crippen molar-refractivity contribution in [2.45, 2.75) is 155 Å². The molecule has 1 aliphatic carbocycles. The van der Waals surface area contributed by atoms with Crippen LogP contribution in [0.5, 0.6) is 0 Å². The van der Waals surface area contributed by atoms with E-state index in [0.29, 0.717) is 38.1 Å². The van der Waals surface area contributed by atoms with E-state index in [9.17, 15) is 43.8 Å². The SMILES string of the molecule is CCCNC(=O)[C@@H](NC(=O)[C@@H]1CCCN1C(=O)[C@H](CC(=O)O)NC(=O)[C@@H]1CC(C)CCN1C(=O)[C@@H](NC(=O)C[C@H](C)C1CCCCC1)C(C)C)[C@@H](C)O. The van der Waals surface area contributed by atoms with Gasteiger partial charge in [-0.25, -0.2) is 0 Å². The number of hydrogen-bond acceptors (Lipinski definition) is 8. The number of aliphatic hydroxyl groups excluding tert-OH is 1. The van der Waals surface area contributed by atoms with Crippen LogP contribution in [0.25, 0.3) is 0 Å². The molecule has 0 aromatic carbocycles. The number of aliphatic carboxylic acids is 1. The molecule has 53 heavy (non-hydrogen) atoms. The van der Waals surface area contributed by atoms with Crippen LogP contribution < -0.4 is 21.3 Å². The standard InChI is InChI=1S/C38H64N6O9/c1-7-16-39-36(51)33(25(6)45)42-34(49)28-14-11-17-43(28)37(52)27(21-31(47)48)40-35(50)29-19-23(4)15-18-44(29)38(53)32(22(2)3)41-30(46)20-24(5)26-12-9-8-10-13-26/h22-29,32-33,45H,7-21H2,1-6H3,(H,39,51)(H,40,50)(H,41,46)(H,42,49)(H,47,48)/t23?,24-,25+,27-,28-,29-,32-,33-/m0/s1. The molecule has 3 rings (SSSR count). The molecule has 2 saturated heterocycles. The third kappa shape index (κ3) is 12.4. The Morgan fingerprint density at radius 2 is 1.38 bits per heavy atom. The lowest BCUT2D eigenvalue weighted by Crippen LogP contribution is -2.62. The highest BCUT2D eigenvalue weighted by atomic mass is 16.4. The summed E-state index contributed by atoms with van der Waals surface area (Å²) in [6.45, 7) is 11.6. The molecule has 2 heterocycles. The molecule has 0 radical (unpaired) electrons. The Labute approximate surface area is 314 Å². The molecule has 3 fully saturated rings. The predicted octanol–water partition coefficient (Wildman–Crippen LogP) is 1.70. The fraction of sp³-hybridized carbons (Fsp3) is 0.816. The fourth-order valence-electron chi connectivity index (χ4n) is 7.90. The van der Waals surface area contributed by atoms with Crippen molar-refractivity contribution >= 4 is 41.4 Å². The van der Waals surface area contributed by atoms with Crippen molar-refractivity contribution in [2.24, 2.45) is 23.7 Å². The van der Waals surface area contributed by atoms with Crippen LogP contribution in [0, 0.1) is 23.7 Å². The Balaban J connectivity index is 1.75. The highest BCUT2D eigenvalue weighted by Gasteiger charge is 2.43. The van der Waals surface area contributed by atoms with Gasteiger partial charge in [-0.15, -0.1) is 0 Å². The van der Waals surface area contributed by atoms with Gasteiger partial charge in [0, 0.05) is 26.1 Å². The van der Waals surface area contributed by atoms with Crippen molar-refractivity contribution in [3.8, 4) is 0 Å². The van der Waals surface area contributed by atoms with Crippen LogP contribution in [0.15, 0.2) is 0 Å². The molecule has 15 heteroatoms. The van der Waals surface area contributed by atoms with Crippen molar-refractivity contribution in [3.63, 3.8) is 0 Å². The van der Waals surface area contributed by atoms with E-state index in [1.54, 1.807) is 0 Å². The first-order valence-corrected chi connectivity index (χ1v) is 19.7. The van der Waals surface area contributed by atoms with E-state index in [1.807, 2.05) is 27.7 Å². The maximum absolute atomic E-state index is 14.1. The van der Waals surface area contributed by atoms with Crippen molar-refractivity contribution < 1.29 is 43.8 Å². The number of amides is 6. The number of carbonyl (C=O) groups is 7. The Bertz CT molecular complexity index is 1300. The van der Waals surface area contributed by atoms with Crippen molar-refractivity contribution in [2.75, 3.05) is 19.6 Å². The van der Waals surface area contributed by atoms with E-state index in [4.69, 9.17) is 0 Å². The van der Waals surface area contributed by atoms with Gasteiger partial charge in [0.25, 0.3) is 0 Å². The van der Waals surface area contributed by atoms with Gasteiger partial charge in [0.1, 0.15) is 30.2 Å². The normalized spacial score (nSPS) is 23.7. The first-order valence-electron chi connectivity index (χ1n) is 19.7. The molecule has 0 aromatic heterocycles. The minimum atomic E-state index is -1.54. The molecule has 1 saturated carbocycles. The lowest BCUT2D eigenvalue weighted by Gasteiger charge is -2.40. The van der Waals surface area contributed by atoms with Crippen LogP contribution >= 0.6 is 0 Å². The van der Waals surface area contributed by atoms with E-state index < -0.39 is 78.2 Å². The Kier molecular flexibility index (Phi) is 17.0. The zero-order valence-electron chi connectivity index (χ0n) is 32.5. The molecule has 0 bridgehead atoms. The van der Waals surface area contributed by atoms with E-state index >= 15 is 0 Å². The topological polar surface area (TPSA) is 215 Å². The molecule has 0 spiro atoms. The first-order chi connectivity index (χ1) is 25.0. The minimum absolute atomic E-state index is 0.0508. The second kappa shape index (κ2) is 20.6. The predicted molar refractivity (Wildman–Crippen MR) is 197 cm³/mol. The molecule has 6 amide bonds. The summed E-state index contributed by atoms with van der Waals surface area (Å²) in [5.41, 5.74) is 0. The number of hydrogen-bond donors (Lipinski definition) is 6. The molecule has 0 aromatic rings. The first kappa shape index (κ1) is 43.7. The second-order valence-corrected chi connectivity index (χ2v) is 15.9. The number of nitrogens with zero attached hydrogens (tertiary/aromatic N) is 2. The van der Waals surface area contributed by atoms with Gasteiger partial charge in [-0.1, -0.05) is 66.7 Å². The van der Waals surface area contributed by atoms with Crippen molar-refractivity contribution in [1.82, 2.24) is 31.1 Å². The molecule has 300 valence electrons. The zero-order chi connectivity index (χ0) is 39.4. The van der Waals surface area contributed by atoms with E-state index in [1.165, 1.54) is 23.1 Å². The van der Waals surface area contributed by atoms with E-state index in [-0.39, 0.29) is 49.6 Å². The number of nitrogens with one attached hydrogen (secondary N) is 4. The Morgan fingerprint density at radius 3 is 1.98 bits per heavy atom. The van der Waals surface area contributed by atoms with Crippen LogP contribution in [0.3, 0.4) is 0 Å². The number of likely N-dealkylation sites (tertiary alicyclic amines) is 2. The lowest BCUT2D eigenvalue weighted by atomic mass is 9.79. The third-order valence-corrected chi connectivity index (χ3v) is 11.1. The molecule has 6 N–H and O–H groups in total. The number of aliphatic hydroxyl groups is 1. The van der Waals surface area contributed by atoms with E-state index in [0.717, 1.165) is 25.7 Å². The van der Waals surface area contributed by atoms with Crippen molar-refractivity contribution in [3.05, 3.63) is 0 Å². The molecule has 1 unspecified atom stereocenters. The average Bonchev–Trinajstić information content (AvgIpc) is 3.61. The summed E-state index contributed by atoms with van der Waals surface area (Å²) in [4.78, 5) is 95.9. The number of piperidine rings is 1. The van der Waals surface area contributed by atoms with Gasteiger partial charge in [0.05, 0.1) is 12.5 Å². The number of carboxylic acid groups (broad SMARTS) is 1. The summed E-state index contributed by atoms with van der Waals surface area (Å²) < 4.78 is 0. The summed E-state index contributed by atoms with van der Waals surface area (Å²) in [7, 11) is 0. The molecular formula is C38H64N6O9. The van der Waals surface area contributed by atoms with E-state index in [2.05, 4.69) is 28.2 Å². The monoisotopic (exact) mass is 748 g/mol. The van der Waals surface area contributed by atoms with Crippen molar-refractivity contribution in [1.29, 1.82) is 0 Å².